The third kappa shape index (κ3) is 4.48. The van der Waals surface area contributed by atoms with Gasteiger partial charge in [-0.25, -0.2) is 12.8 Å². The molecule has 8 atom stereocenters. The lowest BCUT2D eigenvalue weighted by Gasteiger charge is -2.48. The van der Waals surface area contributed by atoms with Gasteiger partial charge in [0.2, 0.25) is 0 Å². The van der Waals surface area contributed by atoms with Crippen LogP contribution in [0, 0.1) is 17.7 Å². The van der Waals surface area contributed by atoms with Gasteiger partial charge >= 0.3 is 0 Å². The highest BCUT2D eigenvalue weighted by atomic mass is 79.9. The molecule has 1 aromatic carbocycles. The maximum absolute atomic E-state index is 15.4. The molecule has 2 N–H and O–H groups in total. The quantitative estimate of drug-likeness (QED) is 0.534. The van der Waals surface area contributed by atoms with Crippen molar-refractivity contribution < 1.29 is 22.3 Å². The number of alkyl halides is 1. The van der Waals surface area contributed by atoms with Crippen LogP contribution in [0.3, 0.4) is 0 Å². The molecule has 4 heterocycles. The largest absolute Gasteiger partial charge is 0.381 e. The van der Waals surface area contributed by atoms with Crippen LogP contribution >= 0.6 is 15.9 Å². The van der Waals surface area contributed by atoms with Crippen LogP contribution in [0.25, 0.3) is 0 Å². The summed E-state index contributed by atoms with van der Waals surface area (Å²) in [5.41, 5.74) is 0.658. The first-order valence-electron chi connectivity index (χ1n) is 12.2. The highest BCUT2D eigenvalue weighted by molar-refractivity contribution is 9.09. The Labute approximate surface area is 210 Å². The number of piperidine rings is 2. The summed E-state index contributed by atoms with van der Waals surface area (Å²) in [4.78, 5) is 2.65. The normalized spacial score (nSPS) is 38.3. The molecule has 4 fully saturated rings. The maximum atomic E-state index is 15.4. The van der Waals surface area contributed by atoms with Crippen molar-refractivity contribution in [3.05, 3.63) is 35.6 Å². The molecule has 4 aliphatic heterocycles. The van der Waals surface area contributed by atoms with Crippen molar-refractivity contribution >= 4 is 25.8 Å². The number of likely N-dealkylation sites (tertiary alicyclic amines) is 1. The third-order valence-corrected chi connectivity index (χ3v) is 10.6. The first-order valence-corrected chi connectivity index (χ1v) is 15.1. The van der Waals surface area contributed by atoms with Crippen molar-refractivity contribution in [1.82, 2.24) is 15.5 Å². The van der Waals surface area contributed by atoms with Crippen molar-refractivity contribution in [3.63, 3.8) is 0 Å². The van der Waals surface area contributed by atoms with E-state index in [0.717, 1.165) is 25.8 Å². The van der Waals surface area contributed by atoms with Gasteiger partial charge in [-0.15, -0.1) is 0 Å². The number of hydrogen-bond acceptors (Lipinski definition) is 7. The number of methoxy groups -OCH3 is 1. The van der Waals surface area contributed by atoms with Crippen LogP contribution in [-0.4, -0.2) is 87.4 Å². The Morgan fingerprint density at radius 3 is 2.62 bits per heavy atom. The molecule has 0 aliphatic carbocycles. The molecule has 0 aromatic heterocycles. The number of rotatable bonds is 5. The molecule has 4 saturated heterocycles. The summed E-state index contributed by atoms with van der Waals surface area (Å²) in [6.07, 6.45) is 3.58. The summed E-state index contributed by atoms with van der Waals surface area (Å²) in [6.45, 7) is 2.41. The van der Waals surface area contributed by atoms with Gasteiger partial charge < -0.3 is 14.8 Å². The monoisotopic (exact) mass is 559 g/mol. The second kappa shape index (κ2) is 10.0. The molecular formula is C24H35BrFN3O4S. The second-order valence-corrected chi connectivity index (χ2v) is 13.8. The summed E-state index contributed by atoms with van der Waals surface area (Å²) in [7, 11) is -1.70. The van der Waals surface area contributed by atoms with Crippen LogP contribution in [0.5, 0.6) is 0 Å². The smallest absolute Gasteiger partial charge is 0.153 e. The molecule has 4 aliphatic rings. The first kappa shape index (κ1) is 25.0. The zero-order chi connectivity index (χ0) is 24.0. The Kier molecular flexibility index (Phi) is 7.39. The molecule has 0 bridgehead atoms. The van der Waals surface area contributed by atoms with Gasteiger partial charge in [-0.3, -0.25) is 10.2 Å². The molecule has 1 aromatic rings. The standard InChI is InChI=1S/C24H35BrFN3O4S/c1-32-24-20-21-18(11-15(25)12-27-21)29(23(20)19(13-28-24)34(2,30)31)22(14-7-9-33-10-8-14)16-5-3-4-6-17(16)26/h3-6,14-15,18-24,27-28H,7-13H2,1-2H3/t15?,18?,19?,20?,21?,22-,23?,24?/m0/s1. The highest BCUT2D eigenvalue weighted by Gasteiger charge is 2.61. The molecule has 34 heavy (non-hydrogen) atoms. The summed E-state index contributed by atoms with van der Waals surface area (Å²) in [5, 5.41) is 6.46. The summed E-state index contributed by atoms with van der Waals surface area (Å²) >= 11 is 3.81. The molecule has 7 nitrogen and oxygen atoms in total. The Bertz CT molecular complexity index is 979. The van der Waals surface area contributed by atoms with Crippen molar-refractivity contribution in [2.45, 2.75) is 59.7 Å². The minimum atomic E-state index is -3.38. The summed E-state index contributed by atoms with van der Waals surface area (Å²) in [5.74, 6) is -0.124. The fraction of sp³-hybridized carbons (Fsp3) is 0.750. The van der Waals surface area contributed by atoms with Gasteiger partial charge in [-0.1, -0.05) is 34.1 Å². The Morgan fingerprint density at radius 1 is 1.21 bits per heavy atom. The Balaban J connectivity index is 1.67. The van der Waals surface area contributed by atoms with Crippen LogP contribution in [0.4, 0.5) is 4.39 Å². The highest BCUT2D eigenvalue weighted by Crippen LogP contribution is 2.50. The maximum Gasteiger partial charge on any atom is 0.153 e. The lowest BCUT2D eigenvalue weighted by molar-refractivity contribution is -0.0347. The topological polar surface area (TPSA) is 79.9 Å². The predicted molar refractivity (Wildman–Crippen MR) is 132 cm³/mol. The van der Waals surface area contributed by atoms with E-state index in [1.165, 1.54) is 12.3 Å². The summed E-state index contributed by atoms with van der Waals surface area (Å²) in [6, 6.07) is 6.60. The van der Waals surface area contributed by atoms with E-state index < -0.39 is 15.1 Å². The first-order chi connectivity index (χ1) is 16.3. The van der Waals surface area contributed by atoms with E-state index in [4.69, 9.17) is 9.47 Å². The molecule has 0 amide bonds. The molecule has 0 saturated carbocycles. The van der Waals surface area contributed by atoms with E-state index in [2.05, 4.69) is 31.5 Å². The van der Waals surface area contributed by atoms with Crippen molar-refractivity contribution in [3.8, 4) is 0 Å². The van der Waals surface area contributed by atoms with E-state index >= 15 is 4.39 Å². The Morgan fingerprint density at radius 2 is 1.94 bits per heavy atom. The molecule has 5 rings (SSSR count). The zero-order valence-corrected chi connectivity index (χ0v) is 22.1. The van der Waals surface area contributed by atoms with Crippen molar-refractivity contribution in [2.75, 3.05) is 39.7 Å². The van der Waals surface area contributed by atoms with E-state index in [9.17, 15) is 8.42 Å². The van der Waals surface area contributed by atoms with Crippen molar-refractivity contribution in [1.29, 1.82) is 0 Å². The number of nitrogens with zero attached hydrogens (tertiary/aromatic N) is 1. The number of benzene rings is 1. The predicted octanol–water partition coefficient (Wildman–Crippen LogP) is 2.08. The fourth-order valence-electron chi connectivity index (χ4n) is 6.96. The summed E-state index contributed by atoms with van der Waals surface area (Å²) < 4.78 is 53.2. The van der Waals surface area contributed by atoms with Gasteiger partial charge in [0.25, 0.3) is 0 Å². The van der Waals surface area contributed by atoms with E-state index in [0.29, 0.717) is 25.3 Å². The molecule has 0 spiro atoms. The lowest BCUT2D eigenvalue weighted by atomic mass is 9.83. The second-order valence-electron chi connectivity index (χ2n) is 10.2. The number of sulfone groups is 1. The van der Waals surface area contributed by atoms with Crippen LogP contribution in [0.15, 0.2) is 24.3 Å². The average Bonchev–Trinajstić information content (AvgIpc) is 3.14. The third-order valence-electron chi connectivity index (χ3n) is 8.34. The molecule has 7 unspecified atom stereocenters. The van der Waals surface area contributed by atoms with Gasteiger partial charge in [0.1, 0.15) is 12.0 Å². The molecule has 0 radical (unpaired) electrons. The number of ether oxygens (including phenoxy) is 2. The average molecular weight is 561 g/mol. The number of hydrogen-bond donors (Lipinski definition) is 2. The van der Waals surface area contributed by atoms with Crippen LogP contribution in [-0.2, 0) is 19.3 Å². The fourth-order valence-corrected chi connectivity index (χ4v) is 8.76. The van der Waals surface area contributed by atoms with Crippen LogP contribution < -0.4 is 10.6 Å². The van der Waals surface area contributed by atoms with E-state index in [-0.39, 0.29) is 52.9 Å². The lowest BCUT2D eigenvalue weighted by Crippen LogP contribution is -2.63. The molecule has 10 heteroatoms. The van der Waals surface area contributed by atoms with Crippen molar-refractivity contribution in [2.24, 2.45) is 11.8 Å². The zero-order valence-electron chi connectivity index (χ0n) is 19.7. The number of halogens is 2. The minimum absolute atomic E-state index is 0.0508. The molecule has 190 valence electrons. The Hall–Kier alpha value is -0.620. The van der Waals surface area contributed by atoms with Gasteiger partial charge in [0.15, 0.2) is 9.84 Å². The minimum Gasteiger partial charge on any atom is -0.381 e. The van der Waals surface area contributed by atoms with Crippen LogP contribution in [0.1, 0.15) is 30.9 Å². The van der Waals surface area contributed by atoms with Gasteiger partial charge in [-0.2, -0.15) is 0 Å². The van der Waals surface area contributed by atoms with Gasteiger partial charge in [-0.05, 0) is 31.2 Å². The van der Waals surface area contributed by atoms with E-state index in [1.54, 1.807) is 13.2 Å². The number of nitrogens with one attached hydrogen (secondary N) is 2. The number of fused-ring (bicyclic) bond motifs is 3. The SMILES string of the molecule is COC1NCC(S(C)(=O)=O)C2C1C1NCC(Br)CC1N2[C@H](c1ccccc1F)C1CCOCC1. The van der Waals surface area contributed by atoms with Gasteiger partial charge in [0.05, 0.1) is 5.25 Å². The molecular weight excluding hydrogens is 525 g/mol. The van der Waals surface area contributed by atoms with Crippen LogP contribution in [0.2, 0.25) is 0 Å². The van der Waals surface area contributed by atoms with Gasteiger partial charge in [0, 0.05) is 80.1 Å². The van der Waals surface area contributed by atoms with E-state index in [1.807, 2.05) is 12.1 Å².